The number of anilines is 1. The summed E-state index contributed by atoms with van der Waals surface area (Å²) in [5.74, 6) is -0.682. The van der Waals surface area contributed by atoms with E-state index in [1.807, 2.05) is 61.5 Å². The number of nitrogens with two attached hydrogens (primary N) is 1. The molecule has 0 heterocycles. The van der Waals surface area contributed by atoms with Crippen LogP contribution in [0.3, 0.4) is 0 Å². The Labute approximate surface area is 130 Å². The lowest BCUT2D eigenvalue weighted by Gasteiger charge is -2.15. The minimum Gasteiger partial charge on any atom is -0.393 e. The van der Waals surface area contributed by atoms with Crippen LogP contribution >= 0.6 is 12.2 Å². The molecule has 0 saturated carbocycles. The number of hydrogen-bond acceptors (Lipinski definition) is 2. The van der Waals surface area contributed by atoms with Crippen LogP contribution in [0.25, 0.3) is 0 Å². The molecule has 3 N–H and O–H groups in total. The van der Waals surface area contributed by atoms with Crippen molar-refractivity contribution < 1.29 is 4.79 Å². The summed E-state index contributed by atoms with van der Waals surface area (Å²) in [7, 11) is 0. The first-order valence-corrected chi connectivity index (χ1v) is 7.18. The van der Waals surface area contributed by atoms with E-state index in [1.165, 1.54) is 0 Å². The van der Waals surface area contributed by atoms with Crippen LogP contribution in [0.5, 0.6) is 0 Å². The van der Waals surface area contributed by atoms with Crippen LogP contribution in [0.15, 0.2) is 54.6 Å². The average molecular weight is 298 g/mol. The lowest BCUT2D eigenvalue weighted by molar-refractivity contribution is -0.118. The van der Waals surface area contributed by atoms with Crippen LogP contribution in [-0.2, 0) is 11.2 Å². The van der Waals surface area contributed by atoms with Gasteiger partial charge in [-0.05, 0) is 31.0 Å². The zero-order chi connectivity index (χ0) is 15.2. The molecule has 1 amide bonds. The highest BCUT2D eigenvalue weighted by molar-refractivity contribution is 7.80. The van der Waals surface area contributed by atoms with E-state index in [0.717, 1.165) is 16.8 Å². The Morgan fingerprint density at radius 1 is 1.14 bits per heavy atom. The van der Waals surface area contributed by atoms with Gasteiger partial charge < -0.3 is 11.1 Å². The fraction of sp³-hybridized carbons (Fsp3) is 0.176. The molecule has 1 unspecified atom stereocenters. The van der Waals surface area contributed by atoms with Crippen LogP contribution in [-0.4, -0.2) is 10.9 Å². The molecule has 0 aliphatic rings. The van der Waals surface area contributed by atoms with Crippen LogP contribution < -0.4 is 11.1 Å². The second-order valence-electron chi connectivity index (χ2n) is 5.00. The maximum absolute atomic E-state index is 12.4. The highest BCUT2D eigenvalue weighted by Crippen LogP contribution is 2.14. The lowest BCUT2D eigenvalue weighted by Crippen LogP contribution is -2.34. The van der Waals surface area contributed by atoms with Crippen molar-refractivity contribution >= 4 is 28.8 Å². The van der Waals surface area contributed by atoms with Crippen molar-refractivity contribution in [2.24, 2.45) is 11.7 Å². The van der Waals surface area contributed by atoms with Gasteiger partial charge in [-0.25, -0.2) is 0 Å². The molecule has 2 rings (SSSR count). The zero-order valence-electron chi connectivity index (χ0n) is 11.9. The number of aryl methyl sites for hydroxylation is 1. The van der Waals surface area contributed by atoms with Crippen molar-refractivity contribution in [2.75, 3.05) is 5.32 Å². The zero-order valence-corrected chi connectivity index (χ0v) is 12.7. The standard InChI is InChI=1S/C17H18N2OS/c1-12-7-9-14(10-8-12)19-17(20)15(16(18)21)11-13-5-3-2-4-6-13/h2-10,15H,11H2,1H3,(H2,18,21)(H,19,20). The average Bonchev–Trinajstić information content (AvgIpc) is 2.48. The molecule has 0 spiro atoms. The number of rotatable bonds is 5. The Morgan fingerprint density at radius 2 is 1.76 bits per heavy atom. The minimum absolute atomic E-state index is 0.171. The lowest BCUT2D eigenvalue weighted by atomic mass is 9.98. The Kier molecular flexibility index (Phi) is 5.06. The van der Waals surface area contributed by atoms with Gasteiger partial charge in [-0.2, -0.15) is 0 Å². The van der Waals surface area contributed by atoms with Gasteiger partial charge in [0.05, 0.1) is 10.9 Å². The third-order valence-corrected chi connectivity index (χ3v) is 3.55. The number of hydrogen-bond donors (Lipinski definition) is 2. The van der Waals surface area contributed by atoms with Crippen LogP contribution in [0.2, 0.25) is 0 Å². The van der Waals surface area contributed by atoms with E-state index in [9.17, 15) is 4.79 Å². The van der Waals surface area contributed by atoms with E-state index in [1.54, 1.807) is 0 Å². The summed E-state index contributed by atoms with van der Waals surface area (Å²) in [6.45, 7) is 2.00. The molecule has 1 atom stereocenters. The summed E-state index contributed by atoms with van der Waals surface area (Å²) >= 11 is 5.05. The largest absolute Gasteiger partial charge is 0.393 e. The van der Waals surface area contributed by atoms with E-state index >= 15 is 0 Å². The number of benzene rings is 2. The molecule has 0 fully saturated rings. The monoisotopic (exact) mass is 298 g/mol. The molecule has 0 saturated heterocycles. The third kappa shape index (κ3) is 4.39. The molecule has 3 nitrogen and oxygen atoms in total. The number of amides is 1. The SMILES string of the molecule is Cc1ccc(NC(=O)C(Cc2ccccc2)C(N)=S)cc1. The van der Waals surface area contributed by atoms with E-state index < -0.39 is 5.92 Å². The smallest absolute Gasteiger partial charge is 0.234 e. The first-order valence-electron chi connectivity index (χ1n) is 6.77. The first kappa shape index (κ1) is 15.2. The summed E-state index contributed by atoms with van der Waals surface area (Å²) in [6.07, 6.45) is 0.508. The Morgan fingerprint density at radius 3 is 2.33 bits per heavy atom. The van der Waals surface area contributed by atoms with Gasteiger partial charge in [-0.3, -0.25) is 4.79 Å². The van der Waals surface area contributed by atoms with Gasteiger partial charge in [-0.15, -0.1) is 0 Å². The number of thiocarbonyl (C=S) groups is 1. The van der Waals surface area contributed by atoms with Gasteiger partial charge in [0.2, 0.25) is 5.91 Å². The van der Waals surface area contributed by atoms with Crippen molar-refractivity contribution in [3.8, 4) is 0 Å². The van der Waals surface area contributed by atoms with Gasteiger partial charge in [0.1, 0.15) is 0 Å². The van der Waals surface area contributed by atoms with Gasteiger partial charge in [0, 0.05) is 5.69 Å². The molecular weight excluding hydrogens is 280 g/mol. The Bertz CT molecular complexity index is 623. The van der Waals surface area contributed by atoms with Gasteiger partial charge in [-0.1, -0.05) is 60.2 Å². The van der Waals surface area contributed by atoms with Crippen LogP contribution in [0, 0.1) is 12.8 Å². The highest BCUT2D eigenvalue weighted by atomic mass is 32.1. The molecule has 2 aromatic carbocycles. The molecule has 2 aromatic rings. The third-order valence-electron chi connectivity index (χ3n) is 3.26. The minimum atomic E-state index is -0.510. The van der Waals surface area contributed by atoms with Crippen molar-refractivity contribution in [2.45, 2.75) is 13.3 Å². The molecular formula is C17H18N2OS. The van der Waals surface area contributed by atoms with Gasteiger partial charge in [0.15, 0.2) is 0 Å². The molecule has 0 aliphatic carbocycles. The van der Waals surface area contributed by atoms with Crippen LogP contribution in [0.1, 0.15) is 11.1 Å². The summed E-state index contributed by atoms with van der Waals surface area (Å²) in [6, 6.07) is 17.4. The molecule has 108 valence electrons. The molecule has 0 bridgehead atoms. The quantitative estimate of drug-likeness (QED) is 0.834. The topological polar surface area (TPSA) is 55.1 Å². The fourth-order valence-electron chi connectivity index (χ4n) is 2.04. The van der Waals surface area contributed by atoms with Crippen molar-refractivity contribution in [3.63, 3.8) is 0 Å². The predicted molar refractivity (Wildman–Crippen MR) is 90.2 cm³/mol. The summed E-state index contributed by atoms with van der Waals surface area (Å²) in [5.41, 5.74) is 8.66. The van der Waals surface area contributed by atoms with Crippen molar-refractivity contribution in [1.29, 1.82) is 0 Å². The second-order valence-corrected chi connectivity index (χ2v) is 5.47. The summed E-state index contributed by atoms with van der Waals surface area (Å²) < 4.78 is 0. The summed E-state index contributed by atoms with van der Waals surface area (Å²) in [5, 5.41) is 2.86. The highest BCUT2D eigenvalue weighted by Gasteiger charge is 2.21. The Hall–Kier alpha value is -2.20. The van der Waals surface area contributed by atoms with E-state index in [2.05, 4.69) is 5.32 Å². The van der Waals surface area contributed by atoms with Crippen LogP contribution in [0.4, 0.5) is 5.69 Å². The normalized spacial score (nSPS) is 11.7. The molecule has 0 aliphatic heterocycles. The maximum atomic E-state index is 12.4. The van der Waals surface area contributed by atoms with Crippen molar-refractivity contribution in [1.82, 2.24) is 0 Å². The second kappa shape index (κ2) is 6.99. The summed E-state index contributed by atoms with van der Waals surface area (Å²) in [4.78, 5) is 12.6. The van der Waals surface area contributed by atoms with E-state index in [0.29, 0.717) is 6.42 Å². The maximum Gasteiger partial charge on any atom is 0.234 e. The van der Waals surface area contributed by atoms with Gasteiger partial charge >= 0.3 is 0 Å². The first-order chi connectivity index (χ1) is 10.1. The van der Waals surface area contributed by atoms with E-state index in [4.69, 9.17) is 18.0 Å². The van der Waals surface area contributed by atoms with E-state index in [-0.39, 0.29) is 10.9 Å². The molecule has 4 heteroatoms. The predicted octanol–water partition coefficient (Wildman–Crippen LogP) is 3.08. The molecule has 21 heavy (non-hydrogen) atoms. The van der Waals surface area contributed by atoms with Gasteiger partial charge in [0.25, 0.3) is 0 Å². The number of nitrogens with one attached hydrogen (secondary N) is 1. The Balaban J connectivity index is 2.09. The number of carbonyl (C=O) groups is 1. The molecule has 0 radical (unpaired) electrons. The fourth-order valence-corrected chi connectivity index (χ4v) is 2.23. The molecule has 0 aromatic heterocycles. The van der Waals surface area contributed by atoms with Crippen molar-refractivity contribution in [3.05, 3.63) is 65.7 Å². The number of carbonyl (C=O) groups excluding carboxylic acids is 1.